The molecule has 3 heteroatoms. The lowest BCUT2D eigenvalue weighted by Crippen LogP contribution is -2.19. The molecule has 1 atom stereocenters. The van der Waals surface area contributed by atoms with E-state index in [-0.39, 0.29) is 11.7 Å². The molecule has 2 aromatic carbocycles. The molecule has 0 aliphatic carbocycles. The Kier molecular flexibility index (Phi) is 5.16. The Morgan fingerprint density at radius 1 is 1.20 bits per heavy atom. The molecule has 0 saturated heterocycles. The number of hydrogen-bond acceptors (Lipinski definition) is 1. The first-order valence-corrected chi connectivity index (χ1v) is 7.13. The molecule has 0 heterocycles. The number of nitrogens with one attached hydrogen (secondary N) is 1. The van der Waals surface area contributed by atoms with Crippen LogP contribution in [0.15, 0.2) is 42.5 Å². The first-order chi connectivity index (χ1) is 9.60. The van der Waals surface area contributed by atoms with Crippen LogP contribution in [0.1, 0.15) is 22.6 Å². The van der Waals surface area contributed by atoms with E-state index in [1.54, 1.807) is 12.1 Å². The topological polar surface area (TPSA) is 12.0 Å². The molecule has 1 N–H and O–H groups in total. The van der Waals surface area contributed by atoms with Gasteiger partial charge in [0, 0.05) is 17.5 Å². The Hall–Kier alpha value is -1.38. The van der Waals surface area contributed by atoms with Gasteiger partial charge in [-0.25, -0.2) is 4.39 Å². The lowest BCUT2D eigenvalue weighted by molar-refractivity contribution is 0.601. The lowest BCUT2D eigenvalue weighted by Gasteiger charge is -2.18. The van der Waals surface area contributed by atoms with Gasteiger partial charge in [-0.2, -0.15) is 0 Å². The van der Waals surface area contributed by atoms with Crippen molar-refractivity contribution in [3.8, 4) is 0 Å². The molecule has 20 heavy (non-hydrogen) atoms. The predicted octanol–water partition coefficient (Wildman–Crippen LogP) is 4.33. The van der Waals surface area contributed by atoms with E-state index in [4.69, 9.17) is 11.6 Å². The Labute approximate surface area is 124 Å². The lowest BCUT2D eigenvalue weighted by atomic mass is 9.91. The summed E-state index contributed by atoms with van der Waals surface area (Å²) in [6.07, 6.45) is 0.795. The predicted molar refractivity (Wildman–Crippen MR) is 83.0 cm³/mol. The zero-order chi connectivity index (χ0) is 14.5. The quantitative estimate of drug-likeness (QED) is 0.864. The minimum atomic E-state index is -0.196. The zero-order valence-electron chi connectivity index (χ0n) is 11.8. The standard InChI is InChI=1S/C17H19ClFN/c1-12-6-7-14(17(18)8-12)9-15(11-20-2)13-4-3-5-16(19)10-13/h3-8,10,15,20H,9,11H2,1-2H3. The summed E-state index contributed by atoms with van der Waals surface area (Å²) in [5.41, 5.74) is 3.24. The zero-order valence-corrected chi connectivity index (χ0v) is 12.5. The van der Waals surface area contributed by atoms with Gasteiger partial charge >= 0.3 is 0 Å². The van der Waals surface area contributed by atoms with Gasteiger partial charge in [-0.3, -0.25) is 0 Å². The molecule has 0 saturated carbocycles. The van der Waals surface area contributed by atoms with Crippen molar-refractivity contribution in [2.24, 2.45) is 0 Å². The first-order valence-electron chi connectivity index (χ1n) is 6.75. The summed E-state index contributed by atoms with van der Waals surface area (Å²) in [7, 11) is 1.91. The molecule has 0 bridgehead atoms. The summed E-state index contributed by atoms with van der Waals surface area (Å²) in [4.78, 5) is 0. The van der Waals surface area contributed by atoms with Crippen LogP contribution in [-0.2, 0) is 6.42 Å². The van der Waals surface area contributed by atoms with Crippen LogP contribution in [0.3, 0.4) is 0 Å². The van der Waals surface area contributed by atoms with Crippen LogP contribution in [0.25, 0.3) is 0 Å². The fraction of sp³-hybridized carbons (Fsp3) is 0.294. The van der Waals surface area contributed by atoms with Gasteiger partial charge in [0.25, 0.3) is 0 Å². The molecule has 0 spiro atoms. The van der Waals surface area contributed by atoms with Gasteiger partial charge in [-0.1, -0.05) is 35.9 Å². The monoisotopic (exact) mass is 291 g/mol. The fourth-order valence-corrected chi connectivity index (χ4v) is 2.71. The summed E-state index contributed by atoms with van der Waals surface area (Å²) >= 11 is 6.30. The van der Waals surface area contributed by atoms with Crippen molar-refractivity contribution < 1.29 is 4.39 Å². The van der Waals surface area contributed by atoms with Crippen LogP contribution in [0.4, 0.5) is 4.39 Å². The maximum absolute atomic E-state index is 13.4. The average molecular weight is 292 g/mol. The van der Waals surface area contributed by atoms with Crippen LogP contribution in [0, 0.1) is 12.7 Å². The van der Waals surface area contributed by atoms with Crippen molar-refractivity contribution in [1.82, 2.24) is 5.32 Å². The summed E-state index contributed by atoms with van der Waals surface area (Å²) in [6.45, 7) is 2.81. The largest absolute Gasteiger partial charge is 0.319 e. The molecule has 0 fully saturated rings. The van der Waals surface area contributed by atoms with E-state index in [2.05, 4.69) is 17.4 Å². The second-order valence-corrected chi connectivity index (χ2v) is 5.52. The second kappa shape index (κ2) is 6.87. The molecule has 1 unspecified atom stereocenters. The highest BCUT2D eigenvalue weighted by Gasteiger charge is 2.14. The van der Waals surface area contributed by atoms with Crippen LogP contribution in [-0.4, -0.2) is 13.6 Å². The molecular weight excluding hydrogens is 273 g/mol. The molecule has 0 radical (unpaired) electrons. The van der Waals surface area contributed by atoms with Crippen LogP contribution >= 0.6 is 11.6 Å². The maximum Gasteiger partial charge on any atom is 0.123 e. The van der Waals surface area contributed by atoms with E-state index in [0.29, 0.717) is 0 Å². The number of likely N-dealkylation sites (N-methyl/N-ethyl adjacent to an activating group) is 1. The smallest absolute Gasteiger partial charge is 0.123 e. The van der Waals surface area contributed by atoms with Crippen LogP contribution in [0.5, 0.6) is 0 Å². The number of hydrogen-bond donors (Lipinski definition) is 1. The van der Waals surface area contributed by atoms with Gasteiger partial charge in [0.2, 0.25) is 0 Å². The van der Waals surface area contributed by atoms with Gasteiger partial charge in [-0.05, 0) is 55.3 Å². The van der Waals surface area contributed by atoms with E-state index >= 15 is 0 Å². The molecule has 2 rings (SSSR count). The van der Waals surface area contributed by atoms with E-state index in [0.717, 1.165) is 34.7 Å². The average Bonchev–Trinajstić information content (AvgIpc) is 2.41. The Balaban J connectivity index is 2.25. The number of rotatable bonds is 5. The van der Waals surface area contributed by atoms with Crippen LogP contribution < -0.4 is 5.32 Å². The van der Waals surface area contributed by atoms with Crippen molar-refractivity contribution in [3.63, 3.8) is 0 Å². The third kappa shape index (κ3) is 3.81. The normalized spacial score (nSPS) is 12.4. The number of halogens is 2. The van der Waals surface area contributed by atoms with Crippen molar-refractivity contribution in [2.45, 2.75) is 19.3 Å². The summed E-state index contributed by atoms with van der Waals surface area (Å²) < 4.78 is 13.4. The van der Waals surface area contributed by atoms with E-state index < -0.39 is 0 Å². The summed E-state index contributed by atoms with van der Waals surface area (Å²) in [5.74, 6) is 0.00881. The molecular formula is C17H19ClFN. The third-order valence-corrected chi connectivity index (χ3v) is 3.80. The molecule has 106 valence electrons. The second-order valence-electron chi connectivity index (χ2n) is 5.11. The fourth-order valence-electron chi connectivity index (χ4n) is 2.40. The van der Waals surface area contributed by atoms with Gasteiger partial charge < -0.3 is 5.32 Å². The Morgan fingerprint density at radius 2 is 2.00 bits per heavy atom. The van der Waals surface area contributed by atoms with Gasteiger partial charge in [0.05, 0.1) is 0 Å². The minimum absolute atomic E-state index is 0.196. The van der Waals surface area contributed by atoms with Crippen molar-refractivity contribution in [3.05, 3.63) is 70.0 Å². The van der Waals surface area contributed by atoms with E-state index in [9.17, 15) is 4.39 Å². The molecule has 0 aliphatic rings. The molecule has 2 aromatic rings. The summed E-state index contributed by atoms with van der Waals surface area (Å²) in [5, 5.41) is 3.95. The molecule has 0 amide bonds. The molecule has 0 aromatic heterocycles. The van der Waals surface area contributed by atoms with E-state index in [1.807, 2.05) is 26.1 Å². The number of aryl methyl sites for hydroxylation is 1. The Morgan fingerprint density at radius 3 is 2.65 bits per heavy atom. The Bertz CT molecular complexity index is 583. The maximum atomic E-state index is 13.4. The van der Waals surface area contributed by atoms with Gasteiger partial charge in [0.1, 0.15) is 5.82 Å². The van der Waals surface area contributed by atoms with Gasteiger partial charge in [-0.15, -0.1) is 0 Å². The van der Waals surface area contributed by atoms with Gasteiger partial charge in [0.15, 0.2) is 0 Å². The third-order valence-electron chi connectivity index (χ3n) is 3.45. The SMILES string of the molecule is CNCC(Cc1ccc(C)cc1Cl)c1cccc(F)c1. The molecule has 0 aliphatic heterocycles. The highest BCUT2D eigenvalue weighted by Crippen LogP contribution is 2.26. The minimum Gasteiger partial charge on any atom is -0.319 e. The van der Waals surface area contributed by atoms with E-state index in [1.165, 1.54) is 6.07 Å². The highest BCUT2D eigenvalue weighted by molar-refractivity contribution is 6.31. The van der Waals surface area contributed by atoms with Crippen molar-refractivity contribution in [2.75, 3.05) is 13.6 Å². The summed E-state index contributed by atoms with van der Waals surface area (Å²) in [6, 6.07) is 12.9. The number of benzene rings is 2. The van der Waals surface area contributed by atoms with Crippen LogP contribution in [0.2, 0.25) is 5.02 Å². The van der Waals surface area contributed by atoms with Crippen molar-refractivity contribution >= 4 is 11.6 Å². The highest BCUT2D eigenvalue weighted by atomic mass is 35.5. The first kappa shape index (κ1) is 15.0. The molecule has 1 nitrogen and oxygen atoms in total. The van der Waals surface area contributed by atoms with Crippen molar-refractivity contribution in [1.29, 1.82) is 0 Å².